The fourth-order valence-electron chi connectivity index (χ4n) is 5.71. The Balaban J connectivity index is 1.62. The Labute approximate surface area is 236 Å². The highest BCUT2D eigenvalue weighted by Crippen LogP contribution is 2.43. The van der Waals surface area contributed by atoms with Crippen LogP contribution < -0.4 is 9.62 Å². The van der Waals surface area contributed by atoms with E-state index in [0.29, 0.717) is 30.4 Å². The smallest absolute Gasteiger partial charge is 0.304 e. The van der Waals surface area contributed by atoms with Gasteiger partial charge < -0.3 is 9.64 Å². The Morgan fingerprint density at radius 3 is 2.45 bits per heavy atom. The van der Waals surface area contributed by atoms with E-state index in [0.717, 1.165) is 67.8 Å². The zero-order chi connectivity index (χ0) is 28.3. The number of benzene rings is 1. The van der Waals surface area contributed by atoms with Crippen molar-refractivity contribution in [1.29, 1.82) is 0 Å². The number of carbonyl (C=O) groups is 1. The third kappa shape index (κ3) is 5.73. The average Bonchev–Trinajstić information content (AvgIpc) is 3.30. The number of carbonyl (C=O) groups excluding carboxylic acids is 1. The molecule has 0 atom stereocenters. The molecule has 11 heteroatoms. The monoisotopic (exact) mass is 568 g/mol. The molecule has 2 aliphatic rings. The first-order chi connectivity index (χ1) is 19.4. The number of anilines is 1. The predicted octanol–water partition coefficient (Wildman–Crippen LogP) is 4.26. The predicted molar refractivity (Wildman–Crippen MR) is 156 cm³/mol. The average molecular weight is 569 g/mol. The molecule has 216 valence electrons. The van der Waals surface area contributed by atoms with Gasteiger partial charge >= 0.3 is 10.2 Å². The van der Waals surface area contributed by atoms with Gasteiger partial charge in [-0.2, -0.15) is 17.8 Å². The fourth-order valence-corrected chi connectivity index (χ4v) is 6.94. The van der Waals surface area contributed by atoms with Gasteiger partial charge in [0.1, 0.15) is 5.69 Å². The number of para-hydroxylation sites is 1. The lowest BCUT2D eigenvalue weighted by molar-refractivity contribution is 0.0974. The summed E-state index contributed by atoms with van der Waals surface area (Å²) in [6.45, 7) is 6.63. The van der Waals surface area contributed by atoms with Crippen LogP contribution in [0.25, 0.3) is 16.7 Å². The summed E-state index contributed by atoms with van der Waals surface area (Å²) in [5.74, 6) is 0.0902. The maximum absolute atomic E-state index is 13.5. The van der Waals surface area contributed by atoms with Gasteiger partial charge in [0.15, 0.2) is 5.65 Å². The van der Waals surface area contributed by atoms with Crippen LogP contribution in [0.5, 0.6) is 0 Å². The van der Waals surface area contributed by atoms with Crippen molar-refractivity contribution in [2.75, 3.05) is 44.8 Å². The van der Waals surface area contributed by atoms with Crippen LogP contribution in [0.4, 0.5) is 5.69 Å². The molecule has 1 aromatic carbocycles. The molecule has 1 N–H and O–H groups in total. The minimum absolute atomic E-state index is 0.0647. The van der Waals surface area contributed by atoms with E-state index in [-0.39, 0.29) is 12.2 Å². The molecule has 0 bridgehead atoms. The van der Waals surface area contributed by atoms with E-state index >= 15 is 0 Å². The van der Waals surface area contributed by atoms with Crippen molar-refractivity contribution in [3.8, 4) is 5.69 Å². The Kier molecular flexibility index (Phi) is 8.72. The normalized spacial score (nSPS) is 16.9. The molecule has 0 radical (unpaired) electrons. The molecule has 5 rings (SSSR count). The minimum atomic E-state index is -4.01. The molecule has 3 heterocycles. The number of ether oxygens (including phenoxy) is 1. The molecule has 2 fully saturated rings. The molecular weight excluding hydrogens is 528 g/mol. The number of fused-ring (bicyclic) bond motifs is 1. The van der Waals surface area contributed by atoms with Crippen molar-refractivity contribution < 1.29 is 17.9 Å². The van der Waals surface area contributed by atoms with Crippen LogP contribution in [-0.2, 0) is 14.9 Å². The van der Waals surface area contributed by atoms with Gasteiger partial charge in [-0.25, -0.2) is 14.4 Å². The summed E-state index contributed by atoms with van der Waals surface area (Å²) >= 11 is 0. The van der Waals surface area contributed by atoms with Crippen LogP contribution >= 0.6 is 0 Å². The van der Waals surface area contributed by atoms with E-state index < -0.39 is 16.1 Å². The van der Waals surface area contributed by atoms with E-state index in [4.69, 9.17) is 14.8 Å². The number of hydrogen-bond acceptors (Lipinski definition) is 7. The summed E-state index contributed by atoms with van der Waals surface area (Å²) in [5.41, 5.74) is 3.39. The third-order valence-electron chi connectivity index (χ3n) is 8.11. The highest BCUT2D eigenvalue weighted by atomic mass is 32.2. The van der Waals surface area contributed by atoms with E-state index in [1.54, 1.807) is 20.1 Å². The Morgan fingerprint density at radius 1 is 1.12 bits per heavy atom. The zero-order valence-electron chi connectivity index (χ0n) is 23.7. The van der Waals surface area contributed by atoms with Crippen LogP contribution in [-0.4, -0.2) is 73.3 Å². The lowest BCUT2D eigenvalue weighted by Crippen LogP contribution is -2.44. The zero-order valence-corrected chi connectivity index (χ0v) is 24.5. The summed E-state index contributed by atoms with van der Waals surface area (Å²) < 4.78 is 36.8. The van der Waals surface area contributed by atoms with Crippen molar-refractivity contribution in [2.24, 2.45) is 5.92 Å². The van der Waals surface area contributed by atoms with Crippen molar-refractivity contribution in [2.45, 2.75) is 58.3 Å². The summed E-state index contributed by atoms with van der Waals surface area (Å²) in [4.78, 5) is 20.6. The van der Waals surface area contributed by atoms with Crippen molar-refractivity contribution in [3.05, 3.63) is 47.8 Å². The molecule has 1 aliphatic carbocycles. The van der Waals surface area contributed by atoms with Crippen molar-refractivity contribution >= 4 is 32.8 Å². The van der Waals surface area contributed by atoms with E-state index in [9.17, 15) is 13.2 Å². The number of piperidine rings is 1. The van der Waals surface area contributed by atoms with E-state index in [1.807, 2.05) is 41.9 Å². The molecule has 40 heavy (non-hydrogen) atoms. The first-order valence-electron chi connectivity index (χ1n) is 14.4. The maximum atomic E-state index is 13.5. The minimum Gasteiger partial charge on any atom is -0.384 e. The number of rotatable bonds is 11. The fraction of sp³-hybridized carbons (Fsp3) is 0.552. The van der Waals surface area contributed by atoms with Gasteiger partial charge in [-0.15, -0.1) is 0 Å². The largest absolute Gasteiger partial charge is 0.384 e. The van der Waals surface area contributed by atoms with Gasteiger partial charge in [-0.1, -0.05) is 38.5 Å². The standard InChI is InChI=1S/C29H40N6O4S/c1-4-16-34(5-2)40(37,38)32-29(36)24-19-25(33-17-14-21(15-18-33)20-39-3)26-27(22-10-9-11-22)31-35(28(26)30-24)23-12-7-6-8-13-23/h6-8,12-13,19,21-22H,4-5,9-11,14-18,20H2,1-3H3,(H,32,36). The Morgan fingerprint density at radius 2 is 1.85 bits per heavy atom. The molecule has 3 aromatic rings. The molecule has 10 nitrogen and oxygen atoms in total. The number of aromatic nitrogens is 3. The number of pyridine rings is 1. The first-order valence-corrected chi connectivity index (χ1v) is 15.8. The van der Waals surface area contributed by atoms with Gasteiger partial charge in [-0.3, -0.25) is 4.79 Å². The highest BCUT2D eigenvalue weighted by molar-refractivity contribution is 7.87. The van der Waals surface area contributed by atoms with Gasteiger partial charge in [0.05, 0.1) is 22.5 Å². The van der Waals surface area contributed by atoms with Gasteiger partial charge in [0.25, 0.3) is 5.91 Å². The second-order valence-corrected chi connectivity index (χ2v) is 12.5. The van der Waals surface area contributed by atoms with E-state index in [2.05, 4.69) is 9.62 Å². The van der Waals surface area contributed by atoms with Crippen molar-refractivity contribution in [1.82, 2.24) is 23.8 Å². The van der Waals surface area contributed by atoms with Gasteiger partial charge in [0.2, 0.25) is 0 Å². The first kappa shape index (κ1) is 28.5. The molecule has 0 unspecified atom stereocenters. The molecule has 1 saturated heterocycles. The Hall–Kier alpha value is -3.02. The summed E-state index contributed by atoms with van der Waals surface area (Å²) in [7, 11) is -2.27. The van der Waals surface area contributed by atoms with Crippen LogP contribution in [0, 0.1) is 5.92 Å². The summed E-state index contributed by atoms with van der Waals surface area (Å²) in [5, 5.41) is 6.03. The lowest BCUT2D eigenvalue weighted by atomic mass is 9.82. The molecular formula is C29H40N6O4S. The summed E-state index contributed by atoms with van der Waals surface area (Å²) in [6, 6.07) is 11.5. The highest BCUT2D eigenvalue weighted by Gasteiger charge is 2.32. The van der Waals surface area contributed by atoms with Crippen LogP contribution in [0.2, 0.25) is 0 Å². The van der Waals surface area contributed by atoms with Crippen LogP contribution in [0.3, 0.4) is 0 Å². The third-order valence-corrected chi connectivity index (χ3v) is 9.68. The topological polar surface area (TPSA) is 110 Å². The van der Waals surface area contributed by atoms with Crippen LogP contribution in [0.1, 0.15) is 74.5 Å². The van der Waals surface area contributed by atoms with Gasteiger partial charge in [-0.05, 0) is 56.2 Å². The maximum Gasteiger partial charge on any atom is 0.304 e. The summed E-state index contributed by atoms with van der Waals surface area (Å²) in [6.07, 6.45) is 5.90. The number of nitrogens with zero attached hydrogens (tertiary/aromatic N) is 5. The molecule has 0 spiro atoms. The number of nitrogens with one attached hydrogen (secondary N) is 1. The van der Waals surface area contributed by atoms with Gasteiger partial charge in [0, 0.05) is 45.8 Å². The molecule has 1 aliphatic heterocycles. The molecule has 1 saturated carbocycles. The SMILES string of the molecule is CCCN(CC)S(=O)(=O)NC(=O)c1cc(N2CCC(COC)CC2)c2c(C3CCC3)nn(-c3ccccc3)c2n1. The van der Waals surface area contributed by atoms with Crippen LogP contribution in [0.15, 0.2) is 36.4 Å². The molecule has 1 amide bonds. The number of methoxy groups -OCH3 is 1. The molecule has 2 aromatic heterocycles. The second-order valence-electron chi connectivity index (χ2n) is 10.8. The second kappa shape index (κ2) is 12.2. The van der Waals surface area contributed by atoms with Crippen molar-refractivity contribution in [3.63, 3.8) is 0 Å². The Bertz CT molecular complexity index is 1430. The number of hydrogen-bond donors (Lipinski definition) is 1. The number of amides is 1. The van der Waals surface area contributed by atoms with E-state index in [1.165, 1.54) is 10.7 Å². The quantitative estimate of drug-likeness (QED) is 0.368. The lowest BCUT2D eigenvalue weighted by Gasteiger charge is -2.34.